The van der Waals surface area contributed by atoms with E-state index in [4.69, 9.17) is 5.73 Å². The Morgan fingerprint density at radius 2 is 2.14 bits per heavy atom. The average molecular weight is 196 g/mol. The van der Waals surface area contributed by atoms with Crippen molar-refractivity contribution in [2.75, 3.05) is 18.5 Å². The minimum Gasteiger partial charge on any atom is -0.375 e. The molecule has 0 spiro atoms. The van der Waals surface area contributed by atoms with Crippen molar-refractivity contribution in [1.29, 1.82) is 0 Å². The molecule has 0 unspecified atom stereocenters. The van der Waals surface area contributed by atoms with Crippen LogP contribution >= 0.6 is 0 Å². The van der Waals surface area contributed by atoms with Crippen LogP contribution in [-0.4, -0.2) is 13.6 Å². The van der Waals surface area contributed by atoms with Gasteiger partial charge in [-0.25, -0.2) is 4.39 Å². The molecule has 0 aliphatic heterocycles. The number of nitrogens with zero attached hydrogens (tertiary/aromatic N) is 1. The molecule has 2 nitrogen and oxygen atoms in total. The summed E-state index contributed by atoms with van der Waals surface area (Å²) in [5.41, 5.74) is 7.64. The zero-order valence-corrected chi connectivity index (χ0v) is 8.92. The Labute approximate surface area is 84.5 Å². The standard InChI is InChI=1S/C11H17FN2/c1-4-14(3)11-6-5-9(12)7-10(11)8(2)13/h5-8H,4,13H2,1-3H3/t8-/m0/s1. The first-order valence-electron chi connectivity index (χ1n) is 4.82. The highest BCUT2D eigenvalue weighted by atomic mass is 19.1. The molecule has 0 aliphatic rings. The molecule has 0 saturated heterocycles. The largest absolute Gasteiger partial charge is 0.375 e. The van der Waals surface area contributed by atoms with E-state index in [1.54, 1.807) is 6.07 Å². The van der Waals surface area contributed by atoms with Gasteiger partial charge in [-0.2, -0.15) is 0 Å². The van der Waals surface area contributed by atoms with Crippen molar-refractivity contribution in [1.82, 2.24) is 0 Å². The molecule has 1 rings (SSSR count). The van der Waals surface area contributed by atoms with E-state index >= 15 is 0 Å². The lowest BCUT2D eigenvalue weighted by Gasteiger charge is -2.22. The summed E-state index contributed by atoms with van der Waals surface area (Å²) in [5, 5.41) is 0. The minimum absolute atomic E-state index is 0.144. The average Bonchev–Trinajstić information content (AvgIpc) is 2.16. The predicted octanol–water partition coefficient (Wildman–Crippen LogP) is 2.30. The summed E-state index contributed by atoms with van der Waals surface area (Å²) < 4.78 is 13.0. The second-order valence-corrected chi connectivity index (χ2v) is 3.51. The van der Waals surface area contributed by atoms with Gasteiger partial charge < -0.3 is 10.6 Å². The Bertz CT molecular complexity index is 310. The fourth-order valence-electron chi connectivity index (χ4n) is 1.41. The topological polar surface area (TPSA) is 29.3 Å². The Balaban J connectivity index is 3.14. The van der Waals surface area contributed by atoms with Crippen molar-refractivity contribution in [2.24, 2.45) is 5.73 Å². The van der Waals surface area contributed by atoms with Crippen LogP contribution in [0, 0.1) is 5.82 Å². The van der Waals surface area contributed by atoms with Gasteiger partial charge in [0.1, 0.15) is 5.82 Å². The molecule has 0 amide bonds. The minimum atomic E-state index is -0.231. The number of halogens is 1. The Morgan fingerprint density at radius 1 is 1.50 bits per heavy atom. The van der Waals surface area contributed by atoms with Crippen LogP contribution in [0.1, 0.15) is 25.5 Å². The molecule has 0 saturated carbocycles. The smallest absolute Gasteiger partial charge is 0.123 e. The molecule has 14 heavy (non-hydrogen) atoms. The number of nitrogens with two attached hydrogens (primary N) is 1. The van der Waals surface area contributed by atoms with E-state index in [9.17, 15) is 4.39 Å². The Hall–Kier alpha value is -1.09. The molecule has 2 N–H and O–H groups in total. The van der Waals surface area contributed by atoms with E-state index in [-0.39, 0.29) is 11.9 Å². The van der Waals surface area contributed by atoms with Crippen LogP contribution in [0.4, 0.5) is 10.1 Å². The van der Waals surface area contributed by atoms with E-state index in [0.717, 1.165) is 17.8 Å². The summed E-state index contributed by atoms with van der Waals surface area (Å²) in [6, 6.07) is 4.60. The highest BCUT2D eigenvalue weighted by molar-refractivity contribution is 5.54. The van der Waals surface area contributed by atoms with E-state index in [1.807, 2.05) is 20.9 Å². The first kappa shape index (κ1) is 11.0. The van der Waals surface area contributed by atoms with Gasteiger partial charge in [0.15, 0.2) is 0 Å². The van der Waals surface area contributed by atoms with Crippen molar-refractivity contribution >= 4 is 5.69 Å². The number of rotatable bonds is 3. The maximum absolute atomic E-state index is 13.0. The van der Waals surface area contributed by atoms with Crippen LogP contribution in [-0.2, 0) is 0 Å². The zero-order valence-electron chi connectivity index (χ0n) is 8.92. The van der Waals surface area contributed by atoms with Crippen LogP contribution in [0.3, 0.4) is 0 Å². The number of benzene rings is 1. The summed E-state index contributed by atoms with van der Waals surface area (Å²) in [6.07, 6.45) is 0. The van der Waals surface area contributed by atoms with E-state index < -0.39 is 0 Å². The van der Waals surface area contributed by atoms with Crippen molar-refractivity contribution in [3.05, 3.63) is 29.6 Å². The summed E-state index contributed by atoms with van der Waals surface area (Å²) in [4.78, 5) is 2.05. The second-order valence-electron chi connectivity index (χ2n) is 3.51. The van der Waals surface area contributed by atoms with Crippen LogP contribution in [0.2, 0.25) is 0 Å². The third kappa shape index (κ3) is 2.23. The van der Waals surface area contributed by atoms with E-state index in [1.165, 1.54) is 12.1 Å². The van der Waals surface area contributed by atoms with Gasteiger partial charge in [0.2, 0.25) is 0 Å². The molecule has 0 fully saturated rings. The lowest BCUT2D eigenvalue weighted by molar-refractivity contribution is 0.622. The van der Waals surface area contributed by atoms with Crippen LogP contribution in [0.5, 0.6) is 0 Å². The maximum Gasteiger partial charge on any atom is 0.123 e. The predicted molar refractivity (Wildman–Crippen MR) is 57.9 cm³/mol. The normalized spacial score (nSPS) is 12.6. The van der Waals surface area contributed by atoms with Crippen molar-refractivity contribution in [3.63, 3.8) is 0 Å². The summed E-state index contributed by atoms with van der Waals surface area (Å²) in [6.45, 7) is 4.79. The lowest BCUT2D eigenvalue weighted by atomic mass is 10.1. The number of hydrogen-bond donors (Lipinski definition) is 1. The van der Waals surface area contributed by atoms with Gasteiger partial charge in [0.25, 0.3) is 0 Å². The second kappa shape index (κ2) is 4.42. The first-order chi connectivity index (χ1) is 6.56. The molecule has 78 valence electrons. The van der Waals surface area contributed by atoms with Crippen molar-refractivity contribution < 1.29 is 4.39 Å². The Morgan fingerprint density at radius 3 is 2.64 bits per heavy atom. The quantitative estimate of drug-likeness (QED) is 0.803. The molecule has 0 bridgehead atoms. The van der Waals surface area contributed by atoms with E-state index in [0.29, 0.717) is 0 Å². The molecule has 0 aromatic heterocycles. The fraction of sp³-hybridized carbons (Fsp3) is 0.455. The molecule has 3 heteroatoms. The third-order valence-electron chi connectivity index (χ3n) is 2.37. The zero-order chi connectivity index (χ0) is 10.7. The Kier molecular flexibility index (Phi) is 3.47. The van der Waals surface area contributed by atoms with E-state index in [2.05, 4.69) is 4.90 Å². The molecule has 0 aliphatic carbocycles. The van der Waals surface area contributed by atoms with Gasteiger partial charge in [-0.1, -0.05) is 0 Å². The fourth-order valence-corrected chi connectivity index (χ4v) is 1.41. The molecule has 1 aromatic rings. The van der Waals surface area contributed by atoms with Crippen LogP contribution in [0.25, 0.3) is 0 Å². The summed E-state index contributed by atoms with van der Waals surface area (Å²) in [7, 11) is 1.97. The van der Waals surface area contributed by atoms with Gasteiger partial charge in [-0.15, -0.1) is 0 Å². The van der Waals surface area contributed by atoms with Crippen molar-refractivity contribution in [2.45, 2.75) is 19.9 Å². The molecule has 1 atom stereocenters. The molecular formula is C11H17FN2. The molecule has 0 radical (unpaired) electrons. The van der Waals surface area contributed by atoms with Gasteiger partial charge in [-0.3, -0.25) is 0 Å². The summed E-state index contributed by atoms with van der Waals surface area (Å²) >= 11 is 0. The van der Waals surface area contributed by atoms with Crippen LogP contribution < -0.4 is 10.6 Å². The van der Waals surface area contributed by atoms with Gasteiger partial charge in [0.05, 0.1) is 0 Å². The third-order valence-corrected chi connectivity index (χ3v) is 2.37. The lowest BCUT2D eigenvalue weighted by Crippen LogP contribution is -2.20. The van der Waals surface area contributed by atoms with Crippen LogP contribution in [0.15, 0.2) is 18.2 Å². The highest BCUT2D eigenvalue weighted by Crippen LogP contribution is 2.24. The molecule has 0 heterocycles. The first-order valence-corrected chi connectivity index (χ1v) is 4.82. The maximum atomic E-state index is 13.0. The number of anilines is 1. The van der Waals surface area contributed by atoms with Gasteiger partial charge in [-0.05, 0) is 37.6 Å². The monoisotopic (exact) mass is 196 g/mol. The van der Waals surface area contributed by atoms with Gasteiger partial charge in [0, 0.05) is 25.3 Å². The molecule has 1 aromatic carbocycles. The van der Waals surface area contributed by atoms with Crippen molar-refractivity contribution in [3.8, 4) is 0 Å². The van der Waals surface area contributed by atoms with Gasteiger partial charge >= 0.3 is 0 Å². The number of hydrogen-bond acceptors (Lipinski definition) is 2. The SMILES string of the molecule is CCN(C)c1ccc(F)cc1[C@H](C)N. The summed E-state index contributed by atoms with van der Waals surface area (Å²) in [5.74, 6) is -0.231. The molecular weight excluding hydrogens is 179 g/mol. The highest BCUT2D eigenvalue weighted by Gasteiger charge is 2.10.